The monoisotopic (exact) mass is 302 g/mol. The Kier molecular flexibility index (Phi) is 2.21. The number of rotatable bonds is 0. The van der Waals surface area contributed by atoms with Crippen molar-refractivity contribution in [3.05, 3.63) is 12.2 Å². The predicted octanol–water partition coefficient (Wildman–Crippen LogP) is 2.46. The van der Waals surface area contributed by atoms with Gasteiger partial charge in [-0.25, -0.2) is 0 Å². The van der Waals surface area contributed by atoms with Gasteiger partial charge in [0.2, 0.25) is 0 Å². The molecule has 8 atom stereocenters. The third-order valence-electron chi connectivity index (χ3n) is 8.99. The first kappa shape index (κ1) is 13.7. The van der Waals surface area contributed by atoms with Crippen molar-refractivity contribution in [2.75, 3.05) is 0 Å². The van der Waals surface area contributed by atoms with Crippen LogP contribution < -0.4 is 0 Å². The summed E-state index contributed by atoms with van der Waals surface area (Å²) in [6.07, 6.45) is 9.30. The molecule has 2 N–H and O–H groups in total. The van der Waals surface area contributed by atoms with Gasteiger partial charge in [-0.2, -0.15) is 0 Å². The molecule has 0 unspecified atom stereocenters. The maximum atomic E-state index is 12.5. The van der Waals surface area contributed by atoms with Crippen LogP contribution in [0.4, 0.5) is 0 Å². The smallest absolute Gasteiger partial charge is 0.144 e. The number of ketones is 1. The Hall–Kier alpha value is -0.670. The molecule has 0 aromatic carbocycles. The van der Waals surface area contributed by atoms with Crippen LogP contribution >= 0.6 is 0 Å². The summed E-state index contributed by atoms with van der Waals surface area (Å²) in [5, 5.41) is 22.3. The van der Waals surface area contributed by atoms with Crippen molar-refractivity contribution < 1.29 is 15.0 Å². The number of carbonyl (C=O) groups is 1. The van der Waals surface area contributed by atoms with Crippen molar-refractivity contribution in [3.63, 3.8) is 0 Å². The van der Waals surface area contributed by atoms with Gasteiger partial charge in [0.15, 0.2) is 0 Å². The normalized spacial score (nSPS) is 64.8. The van der Waals surface area contributed by atoms with Crippen LogP contribution in [0.5, 0.6) is 0 Å². The summed E-state index contributed by atoms with van der Waals surface area (Å²) in [5.41, 5.74) is -1.50. The molecule has 3 heteroatoms. The highest BCUT2D eigenvalue weighted by molar-refractivity contribution is 5.89. The van der Waals surface area contributed by atoms with Crippen molar-refractivity contribution in [2.24, 2.45) is 34.0 Å². The van der Waals surface area contributed by atoms with Crippen molar-refractivity contribution in [1.29, 1.82) is 0 Å². The number of hydrogen-bond donors (Lipinski definition) is 2. The number of carbonyl (C=O) groups excluding carboxylic acids is 1. The van der Waals surface area contributed by atoms with E-state index in [0.29, 0.717) is 30.6 Å². The molecule has 0 bridgehead atoms. The molecule has 5 aliphatic carbocycles. The molecule has 5 rings (SSSR count). The lowest BCUT2D eigenvalue weighted by Gasteiger charge is -2.60. The Morgan fingerprint density at radius 1 is 1.27 bits per heavy atom. The van der Waals surface area contributed by atoms with Gasteiger partial charge in [0, 0.05) is 12.3 Å². The van der Waals surface area contributed by atoms with Gasteiger partial charge in [-0.15, -0.1) is 0 Å². The largest absolute Gasteiger partial charge is 0.392 e. The fourth-order valence-corrected chi connectivity index (χ4v) is 7.27. The summed E-state index contributed by atoms with van der Waals surface area (Å²) < 4.78 is 0. The Morgan fingerprint density at radius 3 is 2.77 bits per heavy atom. The fourth-order valence-electron chi connectivity index (χ4n) is 7.27. The van der Waals surface area contributed by atoms with Gasteiger partial charge in [0.25, 0.3) is 0 Å². The van der Waals surface area contributed by atoms with Crippen LogP contribution in [0.2, 0.25) is 0 Å². The van der Waals surface area contributed by atoms with Crippen molar-refractivity contribution >= 4 is 5.78 Å². The van der Waals surface area contributed by atoms with E-state index in [0.717, 1.165) is 5.92 Å². The number of aliphatic hydroxyl groups is 2. The molecular formula is C19H26O3. The molecule has 4 saturated carbocycles. The topological polar surface area (TPSA) is 57.5 Å². The first-order valence-electron chi connectivity index (χ1n) is 8.93. The van der Waals surface area contributed by atoms with Gasteiger partial charge in [0.05, 0.1) is 17.1 Å². The van der Waals surface area contributed by atoms with E-state index in [1.807, 2.05) is 0 Å². The molecule has 4 fully saturated rings. The zero-order chi connectivity index (χ0) is 15.5. The zero-order valence-corrected chi connectivity index (χ0v) is 13.5. The highest BCUT2D eigenvalue weighted by atomic mass is 16.3. The molecule has 0 aromatic heterocycles. The van der Waals surface area contributed by atoms with Crippen LogP contribution in [-0.2, 0) is 4.79 Å². The number of aliphatic hydroxyl groups excluding tert-OH is 1. The number of Topliss-reactive ketones (excluding diaryl/α,β-unsaturated/α-hetero) is 1. The predicted molar refractivity (Wildman–Crippen MR) is 81.9 cm³/mol. The van der Waals surface area contributed by atoms with Crippen LogP contribution in [-0.4, -0.2) is 27.7 Å². The average Bonchev–Trinajstić information content (AvgIpc) is 3.04. The first-order chi connectivity index (χ1) is 10.3. The Labute approximate surface area is 131 Å². The summed E-state index contributed by atoms with van der Waals surface area (Å²) >= 11 is 0. The van der Waals surface area contributed by atoms with E-state index in [-0.39, 0.29) is 17.1 Å². The van der Waals surface area contributed by atoms with Gasteiger partial charge < -0.3 is 10.2 Å². The van der Waals surface area contributed by atoms with Crippen molar-refractivity contribution in [1.82, 2.24) is 0 Å². The highest BCUT2D eigenvalue weighted by Gasteiger charge is 2.76. The van der Waals surface area contributed by atoms with Crippen molar-refractivity contribution in [2.45, 2.75) is 64.1 Å². The molecule has 120 valence electrons. The summed E-state index contributed by atoms with van der Waals surface area (Å²) in [6.45, 7) is 4.19. The van der Waals surface area contributed by atoms with E-state index >= 15 is 0 Å². The summed E-state index contributed by atoms with van der Waals surface area (Å²) in [4.78, 5) is 12.5. The van der Waals surface area contributed by atoms with E-state index in [1.165, 1.54) is 19.3 Å². The molecule has 22 heavy (non-hydrogen) atoms. The molecular weight excluding hydrogens is 276 g/mol. The van der Waals surface area contributed by atoms with Crippen molar-refractivity contribution in [3.8, 4) is 0 Å². The summed E-state index contributed by atoms with van der Waals surface area (Å²) in [5.74, 6) is 1.21. The van der Waals surface area contributed by atoms with Gasteiger partial charge in [-0.1, -0.05) is 19.1 Å². The second-order valence-corrected chi connectivity index (χ2v) is 9.19. The quantitative estimate of drug-likeness (QED) is 0.676. The second-order valence-electron chi connectivity index (χ2n) is 9.19. The van der Waals surface area contributed by atoms with Gasteiger partial charge in [-0.05, 0) is 61.7 Å². The van der Waals surface area contributed by atoms with Crippen LogP contribution in [0, 0.1) is 34.0 Å². The van der Waals surface area contributed by atoms with Gasteiger partial charge in [0.1, 0.15) is 5.78 Å². The fraction of sp³-hybridized carbons (Fsp3) is 0.842. The zero-order valence-electron chi connectivity index (χ0n) is 13.5. The third-order valence-corrected chi connectivity index (χ3v) is 8.99. The number of allylic oxidation sites excluding steroid dienone is 1. The molecule has 0 aliphatic heterocycles. The third kappa shape index (κ3) is 1.11. The molecule has 0 radical (unpaired) electrons. The second kappa shape index (κ2) is 3.54. The lowest BCUT2D eigenvalue weighted by atomic mass is 9.46. The highest BCUT2D eigenvalue weighted by Crippen LogP contribution is 2.79. The van der Waals surface area contributed by atoms with Gasteiger partial charge in [-0.3, -0.25) is 4.79 Å². The van der Waals surface area contributed by atoms with E-state index < -0.39 is 17.1 Å². The molecule has 0 saturated heterocycles. The minimum atomic E-state index is -1.06. The maximum Gasteiger partial charge on any atom is 0.144 e. The van der Waals surface area contributed by atoms with E-state index in [4.69, 9.17) is 0 Å². The molecule has 3 nitrogen and oxygen atoms in total. The average molecular weight is 302 g/mol. The molecule has 0 aromatic rings. The minimum absolute atomic E-state index is 0.0299. The lowest BCUT2D eigenvalue weighted by molar-refractivity contribution is -0.205. The Morgan fingerprint density at radius 2 is 2.05 bits per heavy atom. The minimum Gasteiger partial charge on any atom is -0.392 e. The van der Waals surface area contributed by atoms with Crippen LogP contribution in [0.1, 0.15) is 52.4 Å². The van der Waals surface area contributed by atoms with E-state index in [9.17, 15) is 15.0 Å². The van der Waals surface area contributed by atoms with Gasteiger partial charge >= 0.3 is 0 Å². The summed E-state index contributed by atoms with van der Waals surface area (Å²) in [6, 6.07) is 0. The van der Waals surface area contributed by atoms with Crippen LogP contribution in [0.15, 0.2) is 12.2 Å². The molecule has 1 spiro atoms. The maximum absolute atomic E-state index is 12.5. The molecule has 0 amide bonds. The number of hydrogen-bond acceptors (Lipinski definition) is 3. The molecule has 0 heterocycles. The standard InChI is InChI=1S/C19H26O3/c1-16-6-3-11-10-18(11,16)7-4-12-13(16)9-15(21)17(2)14(20)5-8-19(12,17)22/h4,7,11-13,15,21-22H,3,5-6,8-10H2,1-2H3/t11-,12-,13+,15-,16-,17+,18+,19+/m1/s1. The number of fused-ring (bicyclic) bond motifs is 4. The van der Waals surface area contributed by atoms with E-state index in [1.54, 1.807) is 6.92 Å². The van der Waals surface area contributed by atoms with Crippen LogP contribution in [0.3, 0.4) is 0 Å². The molecule has 5 aliphatic rings. The lowest BCUT2D eigenvalue weighted by Crippen LogP contribution is -2.65. The SMILES string of the molecule is C[C@@]12C(=O)CC[C@]1(O)[C@@H]1C=C[C@]34C[C@H]3CC[C@]4(C)[C@H]1C[C@H]2O. The summed E-state index contributed by atoms with van der Waals surface area (Å²) in [7, 11) is 0. The van der Waals surface area contributed by atoms with Crippen LogP contribution in [0.25, 0.3) is 0 Å². The Bertz CT molecular complexity index is 612. The Balaban J connectivity index is 1.67. The van der Waals surface area contributed by atoms with E-state index in [2.05, 4.69) is 19.1 Å². The first-order valence-corrected chi connectivity index (χ1v) is 8.93.